The number of aromatic amines is 1. The van der Waals surface area contributed by atoms with Crippen LogP contribution in [-0.4, -0.2) is 40.2 Å². The number of carbonyl (C=O) groups excluding carboxylic acids is 1. The molecule has 7 heteroatoms. The molecule has 6 nitrogen and oxygen atoms in total. The third kappa shape index (κ3) is 4.37. The molecule has 5 rings (SSSR count). The van der Waals surface area contributed by atoms with Crippen LogP contribution in [0.3, 0.4) is 0 Å². The van der Waals surface area contributed by atoms with Crippen molar-refractivity contribution in [2.45, 2.75) is 47.3 Å². The van der Waals surface area contributed by atoms with E-state index in [1.165, 1.54) is 4.90 Å². The van der Waals surface area contributed by atoms with Crippen LogP contribution >= 0.6 is 0 Å². The fourth-order valence-corrected chi connectivity index (χ4v) is 4.19. The summed E-state index contributed by atoms with van der Waals surface area (Å²) in [5, 5.41) is 6.10. The van der Waals surface area contributed by atoms with Gasteiger partial charge in [0.25, 0.3) is 5.91 Å². The molecule has 2 aromatic carbocycles. The number of hydrogen-bond donors (Lipinski definition) is 2. The first-order valence-electron chi connectivity index (χ1n) is 11.3. The molecule has 174 valence electrons. The lowest BCUT2D eigenvalue weighted by Crippen LogP contribution is -2.51. The maximum Gasteiger partial charge on any atom is 0.254 e. The summed E-state index contributed by atoms with van der Waals surface area (Å²) in [5.74, 6) is 1.45. The van der Waals surface area contributed by atoms with Gasteiger partial charge in [0.15, 0.2) is 0 Å². The van der Waals surface area contributed by atoms with Gasteiger partial charge in [0, 0.05) is 34.0 Å². The Balaban J connectivity index is 0.000000601. The second-order valence-corrected chi connectivity index (χ2v) is 9.39. The summed E-state index contributed by atoms with van der Waals surface area (Å²) < 4.78 is 18.4. The van der Waals surface area contributed by atoms with Gasteiger partial charge in [0.2, 0.25) is 0 Å². The van der Waals surface area contributed by atoms with E-state index < -0.39 is 6.17 Å². The van der Waals surface area contributed by atoms with Gasteiger partial charge in [0.05, 0.1) is 24.3 Å². The zero-order valence-electron chi connectivity index (χ0n) is 19.8. The minimum Gasteiger partial charge on any atom is -0.361 e. The Kier molecular flexibility index (Phi) is 6.26. The number of aryl methyl sites for hydroxylation is 2. The largest absolute Gasteiger partial charge is 0.361 e. The smallest absolute Gasteiger partial charge is 0.254 e. The van der Waals surface area contributed by atoms with Gasteiger partial charge < -0.3 is 20.1 Å². The van der Waals surface area contributed by atoms with Crippen molar-refractivity contribution in [3.8, 4) is 11.1 Å². The van der Waals surface area contributed by atoms with Crippen molar-refractivity contribution in [1.29, 1.82) is 0 Å². The molecule has 0 aliphatic carbocycles. The number of aromatic nitrogens is 2. The van der Waals surface area contributed by atoms with Crippen molar-refractivity contribution in [2.75, 3.05) is 13.1 Å². The second kappa shape index (κ2) is 8.98. The maximum absolute atomic E-state index is 13.1. The minimum atomic E-state index is -0.911. The number of hydrogen-bond acceptors (Lipinski definition) is 4. The molecule has 3 heterocycles. The number of benzene rings is 2. The van der Waals surface area contributed by atoms with E-state index in [4.69, 9.17) is 10.3 Å². The fraction of sp³-hybridized carbons (Fsp3) is 0.385. The molecule has 0 radical (unpaired) electrons. The summed E-state index contributed by atoms with van der Waals surface area (Å²) in [7, 11) is 0. The second-order valence-electron chi connectivity index (χ2n) is 9.39. The lowest BCUT2D eigenvalue weighted by molar-refractivity contribution is 0.0400. The van der Waals surface area contributed by atoms with Gasteiger partial charge in [-0.1, -0.05) is 32.0 Å². The number of alkyl halides is 1. The summed E-state index contributed by atoms with van der Waals surface area (Å²) in [5.41, 5.74) is 12.2. The maximum atomic E-state index is 13.1. The highest BCUT2D eigenvalue weighted by Gasteiger charge is 2.31. The minimum absolute atomic E-state index is 0.144. The van der Waals surface area contributed by atoms with Crippen LogP contribution in [0, 0.1) is 19.8 Å². The van der Waals surface area contributed by atoms with E-state index >= 15 is 0 Å². The van der Waals surface area contributed by atoms with Crippen LogP contribution in [0.15, 0.2) is 34.9 Å². The Labute approximate surface area is 192 Å². The Morgan fingerprint density at radius 1 is 1.21 bits per heavy atom. The summed E-state index contributed by atoms with van der Waals surface area (Å²) in [4.78, 5) is 17.5. The summed E-state index contributed by atoms with van der Waals surface area (Å²) in [6.45, 7) is 11.0. The van der Waals surface area contributed by atoms with Gasteiger partial charge in [-0.2, -0.15) is 0 Å². The Morgan fingerprint density at radius 3 is 2.48 bits per heavy atom. The molecule has 0 spiro atoms. The Morgan fingerprint density at radius 2 is 1.91 bits per heavy atom. The molecule has 4 aromatic rings. The first kappa shape index (κ1) is 23.0. The van der Waals surface area contributed by atoms with E-state index in [1.807, 2.05) is 26.0 Å². The average molecular weight is 451 g/mol. The summed E-state index contributed by atoms with van der Waals surface area (Å²) in [6.07, 6.45) is -0.911. The van der Waals surface area contributed by atoms with E-state index in [0.717, 1.165) is 55.9 Å². The van der Waals surface area contributed by atoms with Gasteiger partial charge >= 0.3 is 0 Å². The lowest BCUT2D eigenvalue weighted by atomic mass is 9.98. The Hall–Kier alpha value is -3.19. The van der Waals surface area contributed by atoms with E-state index in [0.29, 0.717) is 12.1 Å². The molecule has 1 aliphatic heterocycles. The number of H-pyrrole nitrogens is 1. The van der Waals surface area contributed by atoms with Crippen LogP contribution in [0.5, 0.6) is 0 Å². The Bertz CT molecular complexity index is 1290. The third-order valence-corrected chi connectivity index (χ3v) is 5.70. The van der Waals surface area contributed by atoms with Crippen molar-refractivity contribution < 1.29 is 13.7 Å². The molecule has 0 saturated carbocycles. The summed E-state index contributed by atoms with van der Waals surface area (Å²) in [6, 6.07) is 9.72. The zero-order chi connectivity index (χ0) is 23.9. The molecule has 1 fully saturated rings. The quantitative estimate of drug-likeness (QED) is 0.431. The topological polar surface area (TPSA) is 88.1 Å². The van der Waals surface area contributed by atoms with Crippen molar-refractivity contribution in [3.05, 3.63) is 52.9 Å². The molecule has 1 aliphatic rings. The summed E-state index contributed by atoms with van der Waals surface area (Å²) >= 11 is 0. The number of amides is 1. The molecular weight excluding hydrogens is 419 g/mol. The van der Waals surface area contributed by atoms with Crippen molar-refractivity contribution in [1.82, 2.24) is 15.0 Å². The van der Waals surface area contributed by atoms with Gasteiger partial charge in [-0.05, 0) is 55.2 Å². The van der Waals surface area contributed by atoms with Gasteiger partial charge in [-0.15, -0.1) is 0 Å². The molecule has 0 bridgehead atoms. The molecule has 3 N–H and O–H groups in total. The highest BCUT2D eigenvalue weighted by Crippen LogP contribution is 2.35. The zero-order valence-corrected chi connectivity index (χ0v) is 19.8. The van der Waals surface area contributed by atoms with Crippen LogP contribution in [0.2, 0.25) is 0 Å². The SMILES string of the molecule is CC(C)C.Cc1noc(C)c1-c1cc(CN)c2[nH]c3cc(C(=O)N4CC(F)C4)ccc3c2c1. The van der Waals surface area contributed by atoms with Crippen LogP contribution in [0.25, 0.3) is 32.9 Å². The number of nitrogens with zero attached hydrogens (tertiary/aromatic N) is 2. The number of nitrogens with one attached hydrogen (secondary N) is 1. The van der Waals surface area contributed by atoms with Crippen molar-refractivity contribution >= 4 is 27.7 Å². The third-order valence-electron chi connectivity index (χ3n) is 5.70. The fourth-order valence-electron chi connectivity index (χ4n) is 4.19. The van der Waals surface area contributed by atoms with Crippen molar-refractivity contribution in [3.63, 3.8) is 0 Å². The highest BCUT2D eigenvalue weighted by molar-refractivity contribution is 6.11. The normalized spacial score (nSPS) is 14.0. The monoisotopic (exact) mass is 450 g/mol. The van der Waals surface area contributed by atoms with Crippen LogP contribution in [0.1, 0.15) is 48.1 Å². The predicted molar refractivity (Wildman–Crippen MR) is 130 cm³/mol. The predicted octanol–water partition coefficient (Wildman–Crippen LogP) is 5.51. The number of carbonyl (C=O) groups is 1. The van der Waals surface area contributed by atoms with Crippen molar-refractivity contribution in [2.24, 2.45) is 11.7 Å². The average Bonchev–Trinajstić information content (AvgIpc) is 3.28. The van der Waals surface area contributed by atoms with Crippen LogP contribution < -0.4 is 5.73 Å². The molecule has 2 aromatic heterocycles. The number of likely N-dealkylation sites (tertiary alicyclic amines) is 1. The number of nitrogens with two attached hydrogens (primary N) is 1. The molecule has 1 saturated heterocycles. The highest BCUT2D eigenvalue weighted by atomic mass is 19.1. The first-order valence-corrected chi connectivity index (χ1v) is 11.3. The number of halogens is 1. The molecular formula is C26H31FN4O2. The lowest BCUT2D eigenvalue weighted by Gasteiger charge is -2.34. The molecule has 1 amide bonds. The van der Waals surface area contributed by atoms with E-state index in [-0.39, 0.29) is 19.0 Å². The molecule has 0 unspecified atom stereocenters. The standard InChI is InChI=1S/C22H21FN4O2.C4H10/c1-11-20(12(2)29-26-11)14-5-15(8-24)21-18(6-14)17-4-3-13(7-19(17)25-21)22(28)27-9-16(23)10-27;1-4(2)3/h3-7,16,25H,8-10,24H2,1-2H3;4H,1-3H3. The number of rotatable bonds is 3. The van der Waals surface area contributed by atoms with E-state index in [1.54, 1.807) is 6.07 Å². The van der Waals surface area contributed by atoms with Gasteiger partial charge in [-0.3, -0.25) is 4.79 Å². The van der Waals surface area contributed by atoms with Crippen LogP contribution in [0.4, 0.5) is 4.39 Å². The molecule has 33 heavy (non-hydrogen) atoms. The van der Waals surface area contributed by atoms with E-state index in [2.05, 4.69) is 43.0 Å². The van der Waals surface area contributed by atoms with Gasteiger partial charge in [-0.25, -0.2) is 4.39 Å². The van der Waals surface area contributed by atoms with Gasteiger partial charge in [0.1, 0.15) is 11.9 Å². The number of fused-ring (bicyclic) bond motifs is 3. The van der Waals surface area contributed by atoms with Crippen LogP contribution in [-0.2, 0) is 6.54 Å². The first-order chi connectivity index (χ1) is 15.7. The van der Waals surface area contributed by atoms with E-state index in [9.17, 15) is 9.18 Å². The molecule has 0 atom stereocenters.